The van der Waals surface area contributed by atoms with Crippen LogP contribution in [-0.4, -0.2) is 59.5 Å². The van der Waals surface area contributed by atoms with Gasteiger partial charge in [0.2, 0.25) is 17.7 Å². The number of nitrogens with one attached hydrogen (secondary N) is 3. The summed E-state index contributed by atoms with van der Waals surface area (Å²) in [6, 6.07) is 5.19. The van der Waals surface area contributed by atoms with Gasteiger partial charge in [-0.05, 0) is 43.2 Å². The summed E-state index contributed by atoms with van der Waals surface area (Å²) < 4.78 is 0. The van der Waals surface area contributed by atoms with E-state index in [1.807, 2.05) is 19.9 Å². The van der Waals surface area contributed by atoms with Crippen LogP contribution in [0.15, 0.2) is 30.3 Å². The molecule has 10 heteroatoms. The Balaban J connectivity index is 2.92. The van der Waals surface area contributed by atoms with E-state index in [1.54, 1.807) is 38.1 Å². The first kappa shape index (κ1) is 31.1. The third-order valence-electron chi connectivity index (χ3n) is 5.79. The average molecular weight is 506 g/mol. The zero-order valence-corrected chi connectivity index (χ0v) is 21.8. The van der Waals surface area contributed by atoms with Crippen molar-refractivity contribution in [2.75, 3.05) is 6.54 Å². The van der Waals surface area contributed by atoms with Gasteiger partial charge in [-0.1, -0.05) is 64.4 Å². The Hall–Kier alpha value is -2.98. The number of amides is 3. The highest BCUT2D eigenvalue weighted by Crippen LogP contribution is 2.10. The Morgan fingerprint density at radius 3 is 2.00 bits per heavy atom. The second kappa shape index (κ2) is 15.9. The highest BCUT2D eigenvalue weighted by molar-refractivity contribution is 5.94. The fourth-order valence-electron chi connectivity index (χ4n) is 3.72. The Morgan fingerprint density at radius 2 is 1.47 bits per heavy atom. The predicted molar refractivity (Wildman–Crippen MR) is 139 cm³/mol. The van der Waals surface area contributed by atoms with Crippen molar-refractivity contribution in [2.24, 2.45) is 23.3 Å². The summed E-state index contributed by atoms with van der Waals surface area (Å²) >= 11 is 0. The van der Waals surface area contributed by atoms with Gasteiger partial charge in [-0.15, -0.1) is 0 Å². The molecule has 0 aliphatic rings. The maximum absolute atomic E-state index is 13.1. The van der Waals surface area contributed by atoms with E-state index in [9.17, 15) is 24.3 Å². The zero-order chi connectivity index (χ0) is 27.3. The van der Waals surface area contributed by atoms with Crippen LogP contribution in [0.1, 0.15) is 58.9 Å². The molecule has 0 heterocycles. The summed E-state index contributed by atoms with van der Waals surface area (Å²) in [4.78, 5) is 50.6. The molecule has 0 spiro atoms. The Kier molecular flexibility index (Phi) is 13.7. The number of unbranched alkanes of at least 4 members (excludes halogenated alkanes) is 1. The van der Waals surface area contributed by atoms with E-state index in [4.69, 9.17) is 11.5 Å². The Bertz CT molecular complexity index is 846. The van der Waals surface area contributed by atoms with Gasteiger partial charge in [-0.2, -0.15) is 0 Å². The van der Waals surface area contributed by atoms with Gasteiger partial charge in [0.1, 0.15) is 18.1 Å². The van der Waals surface area contributed by atoms with Gasteiger partial charge in [-0.25, -0.2) is 4.79 Å². The van der Waals surface area contributed by atoms with Crippen LogP contribution in [0.4, 0.5) is 0 Å². The second-order valence-corrected chi connectivity index (χ2v) is 9.90. The number of carbonyl (C=O) groups excluding carboxylic acids is 3. The summed E-state index contributed by atoms with van der Waals surface area (Å²) in [5.41, 5.74) is 12.2. The normalized spacial score (nSPS) is 14.6. The smallest absolute Gasteiger partial charge is 0.326 e. The van der Waals surface area contributed by atoms with Crippen LogP contribution >= 0.6 is 0 Å². The molecule has 1 aromatic rings. The van der Waals surface area contributed by atoms with Crippen molar-refractivity contribution in [1.29, 1.82) is 0 Å². The van der Waals surface area contributed by atoms with E-state index >= 15 is 0 Å². The summed E-state index contributed by atoms with van der Waals surface area (Å²) in [6.45, 7) is 7.86. The van der Waals surface area contributed by atoms with Crippen molar-refractivity contribution in [3.63, 3.8) is 0 Å². The number of carboxylic acids is 1. The first-order valence-corrected chi connectivity index (χ1v) is 12.6. The standard InChI is InChI=1S/C26H43N5O5/c1-16(2)14-20(24(33)30-21(26(35)36)15-18-10-6-5-7-11-18)29-25(34)22(17(3)4)31-23(32)19(28)12-8-9-13-27/h5-7,10-11,16-17,19-22H,8-9,12-15,27-28H2,1-4H3,(H,29,34)(H,30,33)(H,31,32)(H,35,36). The van der Waals surface area contributed by atoms with Crippen molar-refractivity contribution < 1.29 is 24.3 Å². The minimum atomic E-state index is -1.17. The van der Waals surface area contributed by atoms with Crippen LogP contribution in [0, 0.1) is 11.8 Å². The van der Waals surface area contributed by atoms with Crippen LogP contribution in [0.3, 0.4) is 0 Å². The highest BCUT2D eigenvalue weighted by Gasteiger charge is 2.32. The third kappa shape index (κ3) is 11.2. The first-order chi connectivity index (χ1) is 17.0. The van der Waals surface area contributed by atoms with E-state index in [-0.39, 0.29) is 18.3 Å². The van der Waals surface area contributed by atoms with E-state index in [0.717, 1.165) is 12.0 Å². The SMILES string of the molecule is CC(C)CC(NC(=O)C(NC(=O)C(N)CCCCN)C(C)C)C(=O)NC(Cc1ccccc1)C(=O)O. The summed E-state index contributed by atoms with van der Waals surface area (Å²) in [5, 5.41) is 17.6. The molecule has 0 aromatic heterocycles. The van der Waals surface area contributed by atoms with Crippen molar-refractivity contribution in [2.45, 2.75) is 84.0 Å². The van der Waals surface area contributed by atoms with Gasteiger partial charge in [0.15, 0.2) is 0 Å². The van der Waals surface area contributed by atoms with Crippen molar-refractivity contribution in [1.82, 2.24) is 16.0 Å². The Morgan fingerprint density at radius 1 is 0.861 bits per heavy atom. The number of rotatable bonds is 16. The lowest BCUT2D eigenvalue weighted by molar-refractivity contribution is -0.142. The van der Waals surface area contributed by atoms with Gasteiger partial charge in [0.05, 0.1) is 6.04 Å². The summed E-state index contributed by atoms with van der Waals surface area (Å²) in [5.74, 6) is -2.95. The zero-order valence-electron chi connectivity index (χ0n) is 21.8. The van der Waals surface area contributed by atoms with Gasteiger partial charge in [-0.3, -0.25) is 14.4 Å². The van der Waals surface area contributed by atoms with Crippen molar-refractivity contribution in [3.8, 4) is 0 Å². The molecule has 0 aliphatic carbocycles. The number of hydrogen-bond donors (Lipinski definition) is 6. The van der Waals surface area contributed by atoms with Crippen LogP contribution in [0.25, 0.3) is 0 Å². The van der Waals surface area contributed by atoms with Gasteiger partial charge >= 0.3 is 5.97 Å². The molecule has 0 saturated carbocycles. The number of nitrogens with two attached hydrogens (primary N) is 2. The lowest BCUT2D eigenvalue weighted by atomic mass is 9.98. The fourth-order valence-corrected chi connectivity index (χ4v) is 3.72. The molecule has 10 nitrogen and oxygen atoms in total. The highest BCUT2D eigenvalue weighted by atomic mass is 16.4. The molecule has 4 unspecified atom stereocenters. The second-order valence-electron chi connectivity index (χ2n) is 9.90. The molecule has 0 fully saturated rings. The van der Waals surface area contributed by atoms with Gasteiger partial charge in [0.25, 0.3) is 0 Å². The van der Waals surface area contributed by atoms with Crippen LogP contribution in [0.2, 0.25) is 0 Å². The first-order valence-electron chi connectivity index (χ1n) is 12.6. The fraction of sp³-hybridized carbons (Fsp3) is 0.615. The molecule has 202 valence electrons. The Labute approximate surface area is 213 Å². The predicted octanol–water partition coefficient (Wildman–Crippen LogP) is 0.927. The van der Waals surface area contributed by atoms with E-state index in [2.05, 4.69) is 16.0 Å². The van der Waals surface area contributed by atoms with Crippen LogP contribution in [0.5, 0.6) is 0 Å². The van der Waals surface area contributed by atoms with Crippen LogP contribution in [-0.2, 0) is 25.6 Å². The molecule has 4 atom stereocenters. The molecule has 0 radical (unpaired) electrons. The topological polar surface area (TPSA) is 177 Å². The molecular formula is C26H43N5O5. The van der Waals surface area contributed by atoms with Crippen molar-refractivity contribution >= 4 is 23.7 Å². The molecule has 1 aromatic carbocycles. The van der Waals surface area contributed by atoms with E-state index < -0.39 is 47.9 Å². The van der Waals surface area contributed by atoms with Crippen LogP contribution < -0.4 is 27.4 Å². The van der Waals surface area contributed by atoms with E-state index in [1.165, 1.54) is 0 Å². The summed E-state index contributed by atoms with van der Waals surface area (Å²) in [6.07, 6.45) is 2.31. The molecule has 1 rings (SSSR count). The summed E-state index contributed by atoms with van der Waals surface area (Å²) in [7, 11) is 0. The lowest BCUT2D eigenvalue weighted by Gasteiger charge is -2.27. The molecule has 0 saturated heterocycles. The van der Waals surface area contributed by atoms with Gasteiger partial charge < -0.3 is 32.5 Å². The monoisotopic (exact) mass is 505 g/mol. The molecule has 36 heavy (non-hydrogen) atoms. The quantitative estimate of drug-likeness (QED) is 0.181. The lowest BCUT2D eigenvalue weighted by Crippen LogP contribution is -2.58. The number of hydrogen-bond acceptors (Lipinski definition) is 6. The largest absolute Gasteiger partial charge is 0.480 e. The van der Waals surface area contributed by atoms with Crippen molar-refractivity contribution in [3.05, 3.63) is 35.9 Å². The molecule has 0 bridgehead atoms. The van der Waals surface area contributed by atoms with E-state index in [0.29, 0.717) is 25.8 Å². The minimum Gasteiger partial charge on any atom is -0.480 e. The third-order valence-corrected chi connectivity index (χ3v) is 5.79. The maximum Gasteiger partial charge on any atom is 0.326 e. The molecule has 3 amide bonds. The number of carboxylic acid groups (broad SMARTS) is 1. The number of carbonyl (C=O) groups is 4. The number of aliphatic carboxylic acids is 1. The average Bonchev–Trinajstić information content (AvgIpc) is 2.81. The maximum atomic E-state index is 13.1. The molecule has 8 N–H and O–H groups in total. The minimum absolute atomic E-state index is 0.0431. The number of benzene rings is 1. The van der Waals surface area contributed by atoms with Gasteiger partial charge in [0, 0.05) is 6.42 Å². The molecule has 0 aliphatic heterocycles. The molecular weight excluding hydrogens is 462 g/mol.